The van der Waals surface area contributed by atoms with Crippen molar-refractivity contribution in [2.75, 3.05) is 13.2 Å². The smallest absolute Gasteiger partial charge is 0.397 e. The van der Waals surface area contributed by atoms with Crippen LogP contribution in [0.2, 0.25) is 0 Å². The molecule has 0 amide bonds. The van der Waals surface area contributed by atoms with E-state index in [4.69, 9.17) is 23.7 Å². The van der Waals surface area contributed by atoms with E-state index in [9.17, 15) is 53.2 Å². The van der Waals surface area contributed by atoms with E-state index in [0.29, 0.717) is 25.7 Å². The lowest BCUT2D eigenvalue weighted by atomic mass is 9.86. The molecule has 0 aromatic heterocycles. The molecule has 73 heavy (non-hydrogen) atoms. The molecule has 2 saturated heterocycles. The molecule has 2 fully saturated rings. The molecule has 17 nitrogen and oxygen atoms in total. The highest BCUT2D eigenvalue weighted by Gasteiger charge is 2.54. The molecular formula is C55H104O17S. The molecular weight excluding hydrogens is 965 g/mol. The maximum absolute atomic E-state index is 13.9. The van der Waals surface area contributed by atoms with Crippen molar-refractivity contribution in [2.45, 2.75) is 308 Å². The van der Waals surface area contributed by atoms with E-state index in [2.05, 4.69) is 18.0 Å². The largest absolute Gasteiger partial charge is 0.455 e. The summed E-state index contributed by atoms with van der Waals surface area (Å²) in [7, 11) is -5.32. The number of esters is 2. The maximum atomic E-state index is 13.9. The molecule has 0 bridgehead atoms. The minimum atomic E-state index is -5.32. The summed E-state index contributed by atoms with van der Waals surface area (Å²) in [4.78, 5) is 27.4. The lowest BCUT2D eigenvalue weighted by Gasteiger charge is -2.46. The summed E-state index contributed by atoms with van der Waals surface area (Å²) >= 11 is 0. The number of rotatable bonds is 44. The fourth-order valence-electron chi connectivity index (χ4n) is 10.3. The van der Waals surface area contributed by atoms with Crippen molar-refractivity contribution in [3.05, 3.63) is 0 Å². The Morgan fingerprint density at radius 1 is 0.534 bits per heavy atom. The second kappa shape index (κ2) is 39.8. The number of hydrogen-bond acceptors (Lipinski definition) is 16. The highest BCUT2D eigenvalue weighted by Crippen LogP contribution is 2.34. The molecule has 14 atom stereocenters. The molecule has 18 heteroatoms. The first-order chi connectivity index (χ1) is 35.0. The molecule has 0 aromatic rings. The van der Waals surface area contributed by atoms with Gasteiger partial charge < -0.3 is 54.3 Å². The van der Waals surface area contributed by atoms with Crippen LogP contribution in [-0.2, 0) is 47.9 Å². The standard InChI is InChI=1S/C55H104O17S/c1-6-8-10-12-14-16-18-20-21-23-24-26-28-30-32-34-43(58)41(4)36-40(3)37-42(5)53(63)70-50-48(61)45(39-57)68-55(71-54-51(72-73(64,65)66)49(62)47(60)44(38-56)67-54)52(50)69-46(59)35-33-31-29-27-25-22-19-17-15-13-11-9-7-2/h40-45,47-52,54-58,60-62H,6-39H2,1-5H3,(H,64,65,66). The van der Waals surface area contributed by atoms with Gasteiger partial charge in [-0.15, -0.1) is 0 Å². The molecule has 2 aliphatic rings. The number of aliphatic hydroxyl groups excluding tert-OH is 6. The minimum absolute atomic E-state index is 0.0208. The van der Waals surface area contributed by atoms with Crippen LogP contribution in [0.25, 0.3) is 0 Å². The SMILES string of the molecule is CCCCCCCCCCCCCCCCCC(O)C(C)CC(C)CC(C)C(=O)OC1C(O)C(CO)OC(OC2OC(CO)C(O)C(O)C2OS(=O)(=O)O)C1OC(=O)CCCCCCCCCCCCCCC. The molecule has 0 saturated carbocycles. The average Bonchev–Trinajstić information content (AvgIpc) is 3.35. The number of carbonyl (C=O) groups excluding carboxylic acids is 2. The number of hydrogen-bond donors (Lipinski definition) is 7. The Labute approximate surface area is 440 Å². The molecule has 2 aliphatic heterocycles. The third-order valence-corrected chi connectivity index (χ3v) is 15.3. The topological polar surface area (TPSA) is 265 Å². The fraction of sp³-hybridized carbons (Fsp3) is 0.964. The van der Waals surface area contributed by atoms with Crippen LogP contribution >= 0.6 is 0 Å². The molecule has 0 spiro atoms. The van der Waals surface area contributed by atoms with E-state index in [1.165, 1.54) is 122 Å². The Hall–Kier alpha value is -1.55. The van der Waals surface area contributed by atoms with Crippen molar-refractivity contribution in [2.24, 2.45) is 17.8 Å². The van der Waals surface area contributed by atoms with Gasteiger partial charge in [-0.25, -0.2) is 4.18 Å². The Morgan fingerprint density at radius 3 is 1.38 bits per heavy atom. The van der Waals surface area contributed by atoms with Gasteiger partial charge in [-0.3, -0.25) is 14.1 Å². The van der Waals surface area contributed by atoms with Gasteiger partial charge in [0.25, 0.3) is 0 Å². The molecule has 432 valence electrons. The van der Waals surface area contributed by atoms with E-state index in [-0.39, 0.29) is 18.3 Å². The van der Waals surface area contributed by atoms with Gasteiger partial charge in [0.15, 0.2) is 24.6 Å². The first-order valence-corrected chi connectivity index (χ1v) is 30.3. The summed E-state index contributed by atoms with van der Waals surface area (Å²) < 4.78 is 66.8. The predicted molar refractivity (Wildman–Crippen MR) is 279 cm³/mol. The van der Waals surface area contributed by atoms with E-state index in [0.717, 1.165) is 51.4 Å². The van der Waals surface area contributed by atoms with Crippen LogP contribution in [0.4, 0.5) is 0 Å². The zero-order valence-electron chi connectivity index (χ0n) is 45.7. The summed E-state index contributed by atoms with van der Waals surface area (Å²) in [5.74, 6) is -2.32. The summed E-state index contributed by atoms with van der Waals surface area (Å²) in [5, 5.41) is 64.0. The van der Waals surface area contributed by atoms with Gasteiger partial charge in [-0.05, 0) is 37.5 Å². The Balaban J connectivity index is 2.03. The quantitative estimate of drug-likeness (QED) is 0.0170. The van der Waals surface area contributed by atoms with Crippen LogP contribution in [0.5, 0.6) is 0 Å². The van der Waals surface area contributed by atoms with E-state index in [1.807, 2.05) is 13.8 Å². The van der Waals surface area contributed by atoms with Crippen LogP contribution in [0.1, 0.15) is 240 Å². The maximum Gasteiger partial charge on any atom is 0.397 e. The number of ether oxygens (including phenoxy) is 5. The van der Waals surface area contributed by atoms with Gasteiger partial charge in [-0.1, -0.05) is 208 Å². The number of carbonyl (C=O) groups is 2. The highest BCUT2D eigenvalue weighted by atomic mass is 32.3. The third kappa shape index (κ3) is 28.6. The van der Waals surface area contributed by atoms with Crippen LogP contribution < -0.4 is 0 Å². The normalized spacial score (nSPS) is 26.3. The van der Waals surface area contributed by atoms with E-state index >= 15 is 0 Å². The van der Waals surface area contributed by atoms with Crippen LogP contribution in [0, 0.1) is 17.8 Å². The highest BCUT2D eigenvalue weighted by molar-refractivity contribution is 7.80. The Morgan fingerprint density at radius 2 is 0.945 bits per heavy atom. The van der Waals surface area contributed by atoms with Crippen LogP contribution in [0.3, 0.4) is 0 Å². The zero-order valence-corrected chi connectivity index (χ0v) is 46.6. The number of unbranched alkanes of at least 4 members (excludes halogenated alkanes) is 26. The fourth-order valence-corrected chi connectivity index (χ4v) is 10.8. The average molecular weight is 1070 g/mol. The third-order valence-electron chi connectivity index (χ3n) is 14.8. The summed E-state index contributed by atoms with van der Waals surface area (Å²) in [6.45, 7) is 8.37. The van der Waals surface area contributed by atoms with Crippen molar-refractivity contribution in [3.8, 4) is 0 Å². The first-order valence-electron chi connectivity index (χ1n) is 28.9. The molecule has 0 aliphatic carbocycles. The van der Waals surface area contributed by atoms with Crippen molar-refractivity contribution >= 4 is 22.3 Å². The van der Waals surface area contributed by atoms with E-state index in [1.54, 1.807) is 6.92 Å². The monoisotopic (exact) mass is 1070 g/mol. The molecule has 0 radical (unpaired) electrons. The predicted octanol–water partition coefficient (Wildman–Crippen LogP) is 9.32. The van der Waals surface area contributed by atoms with E-state index < -0.39 is 109 Å². The molecule has 2 rings (SSSR count). The lowest BCUT2D eigenvalue weighted by Crippen LogP contribution is -2.65. The molecule has 2 heterocycles. The van der Waals surface area contributed by atoms with Gasteiger partial charge in [0.05, 0.1) is 25.2 Å². The summed E-state index contributed by atoms with van der Waals surface area (Å²) in [6, 6.07) is 0. The van der Waals surface area contributed by atoms with Gasteiger partial charge in [0, 0.05) is 6.42 Å². The van der Waals surface area contributed by atoms with Gasteiger partial charge in [0.2, 0.25) is 6.29 Å². The lowest BCUT2D eigenvalue weighted by molar-refractivity contribution is -0.374. The van der Waals surface area contributed by atoms with Crippen molar-refractivity contribution in [1.29, 1.82) is 0 Å². The molecule has 7 N–H and O–H groups in total. The second-order valence-electron chi connectivity index (χ2n) is 21.7. The summed E-state index contributed by atoms with van der Waals surface area (Å²) in [5.41, 5.74) is 0. The molecule has 14 unspecified atom stereocenters. The molecule has 0 aromatic carbocycles. The Kier molecular flexibility index (Phi) is 36.8. The Bertz CT molecular complexity index is 1510. The minimum Gasteiger partial charge on any atom is -0.455 e. The van der Waals surface area contributed by atoms with Crippen LogP contribution in [-0.4, -0.2) is 136 Å². The number of aliphatic hydroxyl groups is 6. The van der Waals surface area contributed by atoms with Crippen molar-refractivity contribution in [3.63, 3.8) is 0 Å². The van der Waals surface area contributed by atoms with Gasteiger partial charge >= 0.3 is 22.3 Å². The van der Waals surface area contributed by atoms with Gasteiger partial charge in [-0.2, -0.15) is 8.42 Å². The first kappa shape index (κ1) is 67.6. The zero-order chi connectivity index (χ0) is 54.0. The summed E-state index contributed by atoms with van der Waals surface area (Å²) in [6.07, 6.45) is 16.0. The van der Waals surface area contributed by atoms with Crippen molar-refractivity contribution < 1.29 is 81.1 Å². The van der Waals surface area contributed by atoms with Crippen LogP contribution in [0.15, 0.2) is 0 Å². The second-order valence-corrected chi connectivity index (χ2v) is 22.7. The van der Waals surface area contributed by atoms with Crippen molar-refractivity contribution in [1.82, 2.24) is 0 Å². The van der Waals surface area contributed by atoms with Gasteiger partial charge in [0.1, 0.15) is 30.5 Å².